The fourth-order valence-corrected chi connectivity index (χ4v) is 2.63. The summed E-state index contributed by atoms with van der Waals surface area (Å²) in [5.74, 6) is 0.775. The second-order valence-corrected chi connectivity index (χ2v) is 5.69. The molecule has 0 amide bonds. The maximum Gasteiger partial charge on any atom is 0.196 e. The Labute approximate surface area is 143 Å². The monoisotopic (exact) mass is 348 g/mol. The number of benzene rings is 2. The minimum atomic E-state index is -0.258. The van der Waals surface area contributed by atoms with Crippen LogP contribution in [-0.4, -0.2) is 24.1 Å². The Morgan fingerprint density at radius 2 is 1.78 bits per heavy atom. The van der Waals surface area contributed by atoms with Crippen molar-refractivity contribution in [1.82, 2.24) is 0 Å². The number of anilines is 1. The molecule has 2 aromatic carbocycles. The number of thiocarbonyl (C=S) groups is 1. The Morgan fingerprint density at radius 3 is 2.43 bits per heavy atom. The van der Waals surface area contributed by atoms with Gasteiger partial charge in [-0.15, -0.1) is 0 Å². The molecule has 0 radical (unpaired) electrons. The molecule has 0 spiro atoms. The van der Waals surface area contributed by atoms with Gasteiger partial charge in [-0.2, -0.15) is 0 Å². The molecule has 0 saturated heterocycles. The van der Waals surface area contributed by atoms with E-state index in [1.165, 1.54) is 0 Å². The summed E-state index contributed by atoms with van der Waals surface area (Å²) in [5, 5.41) is 3.22. The molecule has 7 heteroatoms. The first-order chi connectivity index (χ1) is 11.1. The highest BCUT2D eigenvalue weighted by molar-refractivity contribution is 7.80. The number of ketones is 1. The van der Waals surface area contributed by atoms with Gasteiger partial charge in [0.15, 0.2) is 22.4 Å². The number of rotatable bonds is 3. The summed E-state index contributed by atoms with van der Waals surface area (Å²) in [6.45, 7) is 0.867. The van der Waals surface area contributed by atoms with E-state index >= 15 is 0 Å². The summed E-state index contributed by atoms with van der Waals surface area (Å²) in [6, 6.07) is 10.1. The van der Waals surface area contributed by atoms with Crippen LogP contribution in [-0.2, 0) is 0 Å². The van der Waals surface area contributed by atoms with Gasteiger partial charge >= 0.3 is 0 Å². The van der Waals surface area contributed by atoms with Gasteiger partial charge < -0.3 is 20.5 Å². The number of ether oxygens (including phenoxy) is 2. The molecule has 0 fully saturated rings. The first-order valence-electron chi connectivity index (χ1n) is 6.85. The van der Waals surface area contributed by atoms with E-state index < -0.39 is 0 Å². The van der Waals surface area contributed by atoms with E-state index in [2.05, 4.69) is 5.32 Å². The standard InChI is InChI=1S/C16H13ClN2O3S/c17-11-4-2-1-3-9(11)15(20)10-7-13-14(22-6-5-21-13)8-12(10)19-16(18)23/h1-4,7-8H,5-6H2,(H3,18,19,23). The van der Waals surface area contributed by atoms with Crippen LogP contribution in [0.25, 0.3) is 0 Å². The molecule has 23 heavy (non-hydrogen) atoms. The first-order valence-corrected chi connectivity index (χ1v) is 7.64. The molecule has 0 atom stereocenters. The molecule has 0 bridgehead atoms. The summed E-state index contributed by atoms with van der Waals surface area (Å²) in [5.41, 5.74) is 6.74. The first kappa shape index (κ1) is 15.6. The minimum absolute atomic E-state index is 0.0508. The highest BCUT2D eigenvalue weighted by Gasteiger charge is 2.22. The number of carbonyl (C=O) groups excluding carboxylic acids is 1. The summed E-state index contributed by atoms with van der Waals surface area (Å²) >= 11 is 11.0. The van der Waals surface area contributed by atoms with Crippen molar-refractivity contribution in [3.8, 4) is 11.5 Å². The van der Waals surface area contributed by atoms with E-state index in [0.717, 1.165) is 0 Å². The Morgan fingerprint density at radius 1 is 1.13 bits per heavy atom. The van der Waals surface area contributed by atoms with Crippen molar-refractivity contribution in [3.63, 3.8) is 0 Å². The van der Waals surface area contributed by atoms with E-state index in [0.29, 0.717) is 46.5 Å². The number of halogens is 1. The number of carbonyl (C=O) groups is 1. The van der Waals surface area contributed by atoms with Gasteiger partial charge in [0.1, 0.15) is 13.2 Å². The molecule has 1 heterocycles. The Bertz CT molecular complexity index is 795. The third-order valence-corrected chi connectivity index (χ3v) is 3.73. The minimum Gasteiger partial charge on any atom is -0.486 e. The topological polar surface area (TPSA) is 73.6 Å². The Hall–Kier alpha value is -2.31. The quantitative estimate of drug-likeness (QED) is 0.656. The van der Waals surface area contributed by atoms with Gasteiger partial charge in [-0.05, 0) is 30.4 Å². The maximum absolute atomic E-state index is 12.9. The zero-order valence-corrected chi connectivity index (χ0v) is 13.5. The van der Waals surface area contributed by atoms with Crippen LogP contribution in [0.4, 0.5) is 5.69 Å². The largest absolute Gasteiger partial charge is 0.486 e. The lowest BCUT2D eigenvalue weighted by Gasteiger charge is -2.21. The Balaban J connectivity index is 2.10. The van der Waals surface area contributed by atoms with Gasteiger partial charge in [-0.1, -0.05) is 23.7 Å². The second kappa shape index (κ2) is 6.44. The van der Waals surface area contributed by atoms with Crippen molar-refractivity contribution in [2.24, 2.45) is 5.73 Å². The fourth-order valence-electron chi connectivity index (χ4n) is 2.30. The molecule has 0 saturated carbocycles. The predicted molar refractivity (Wildman–Crippen MR) is 92.7 cm³/mol. The second-order valence-electron chi connectivity index (χ2n) is 4.84. The Kier molecular flexibility index (Phi) is 4.36. The van der Waals surface area contributed by atoms with Gasteiger partial charge in [0.2, 0.25) is 0 Å². The zero-order chi connectivity index (χ0) is 16.4. The van der Waals surface area contributed by atoms with Gasteiger partial charge in [0.25, 0.3) is 0 Å². The van der Waals surface area contributed by atoms with E-state index in [-0.39, 0.29) is 10.9 Å². The van der Waals surface area contributed by atoms with Crippen molar-refractivity contribution < 1.29 is 14.3 Å². The average molecular weight is 349 g/mol. The number of hydrogen-bond donors (Lipinski definition) is 2. The predicted octanol–water partition coefficient (Wildman–Crippen LogP) is 3.00. The van der Waals surface area contributed by atoms with Crippen molar-refractivity contribution >= 4 is 40.4 Å². The molecule has 0 aliphatic carbocycles. The number of fused-ring (bicyclic) bond motifs is 1. The van der Waals surface area contributed by atoms with Crippen molar-refractivity contribution in [2.75, 3.05) is 18.5 Å². The molecule has 5 nitrogen and oxygen atoms in total. The fraction of sp³-hybridized carbons (Fsp3) is 0.125. The molecule has 1 aliphatic heterocycles. The molecule has 3 rings (SSSR count). The third-order valence-electron chi connectivity index (χ3n) is 3.30. The molecule has 3 N–H and O–H groups in total. The van der Waals surface area contributed by atoms with E-state index in [9.17, 15) is 4.79 Å². The maximum atomic E-state index is 12.9. The lowest BCUT2D eigenvalue weighted by molar-refractivity contribution is 0.103. The van der Waals surface area contributed by atoms with Crippen LogP contribution in [0.5, 0.6) is 11.5 Å². The number of hydrogen-bond acceptors (Lipinski definition) is 4. The molecule has 0 aromatic heterocycles. The van der Waals surface area contributed by atoms with E-state index in [4.69, 9.17) is 39.0 Å². The van der Waals surface area contributed by atoms with Crippen LogP contribution >= 0.6 is 23.8 Å². The lowest BCUT2D eigenvalue weighted by atomic mass is 10.0. The van der Waals surface area contributed by atoms with Crippen molar-refractivity contribution in [1.29, 1.82) is 0 Å². The number of nitrogens with two attached hydrogens (primary N) is 1. The van der Waals surface area contributed by atoms with Gasteiger partial charge in [0, 0.05) is 11.6 Å². The number of nitrogens with one attached hydrogen (secondary N) is 1. The highest BCUT2D eigenvalue weighted by atomic mass is 35.5. The van der Waals surface area contributed by atoms with Crippen LogP contribution in [0.2, 0.25) is 5.02 Å². The van der Waals surface area contributed by atoms with Gasteiger partial charge in [-0.3, -0.25) is 4.79 Å². The molecule has 0 unspecified atom stereocenters. The van der Waals surface area contributed by atoms with E-state index in [1.807, 2.05) is 0 Å². The molecule has 1 aliphatic rings. The van der Waals surface area contributed by atoms with Crippen molar-refractivity contribution in [2.45, 2.75) is 0 Å². The third kappa shape index (κ3) is 3.23. The van der Waals surface area contributed by atoms with E-state index in [1.54, 1.807) is 36.4 Å². The molecule has 2 aromatic rings. The van der Waals surface area contributed by atoms with Crippen LogP contribution < -0.4 is 20.5 Å². The SMILES string of the molecule is NC(=S)Nc1cc2c(cc1C(=O)c1ccccc1Cl)OCCO2. The molecular weight excluding hydrogens is 336 g/mol. The smallest absolute Gasteiger partial charge is 0.196 e. The van der Waals surface area contributed by atoms with Gasteiger partial charge in [-0.25, -0.2) is 0 Å². The van der Waals surface area contributed by atoms with Crippen molar-refractivity contribution in [3.05, 3.63) is 52.5 Å². The summed E-state index contributed by atoms with van der Waals surface area (Å²) in [6.07, 6.45) is 0. The lowest BCUT2D eigenvalue weighted by Crippen LogP contribution is -2.22. The summed E-state index contributed by atoms with van der Waals surface area (Å²) < 4.78 is 11.1. The normalized spacial score (nSPS) is 12.6. The van der Waals surface area contributed by atoms with Crippen LogP contribution in [0.15, 0.2) is 36.4 Å². The van der Waals surface area contributed by atoms with Crippen LogP contribution in [0.1, 0.15) is 15.9 Å². The highest BCUT2D eigenvalue weighted by Crippen LogP contribution is 2.37. The van der Waals surface area contributed by atoms with Crippen LogP contribution in [0.3, 0.4) is 0 Å². The van der Waals surface area contributed by atoms with Gasteiger partial charge in [0.05, 0.1) is 16.3 Å². The summed E-state index contributed by atoms with van der Waals surface area (Å²) in [4.78, 5) is 12.9. The molecule has 118 valence electrons. The summed E-state index contributed by atoms with van der Waals surface area (Å²) in [7, 11) is 0. The molecular formula is C16H13ClN2O3S. The average Bonchev–Trinajstić information content (AvgIpc) is 2.53. The van der Waals surface area contributed by atoms with Crippen LogP contribution in [0, 0.1) is 0 Å². The zero-order valence-electron chi connectivity index (χ0n) is 12.0.